The van der Waals surface area contributed by atoms with Gasteiger partial charge in [-0.25, -0.2) is 0 Å². The van der Waals surface area contributed by atoms with Crippen LogP contribution in [0.4, 0.5) is 0 Å². The van der Waals surface area contributed by atoms with Gasteiger partial charge in [0.05, 0.1) is 5.38 Å². The van der Waals surface area contributed by atoms with Crippen LogP contribution in [0.5, 0.6) is 0 Å². The summed E-state index contributed by atoms with van der Waals surface area (Å²) in [5, 5.41) is 1.02. The first-order valence-electron chi connectivity index (χ1n) is 4.59. The molecule has 1 unspecified atom stereocenters. The fourth-order valence-electron chi connectivity index (χ4n) is 1.61. The predicted octanol–water partition coefficient (Wildman–Crippen LogP) is 4.72. The molecule has 0 nitrogen and oxygen atoms in total. The van der Waals surface area contributed by atoms with E-state index in [1.54, 1.807) is 0 Å². The van der Waals surface area contributed by atoms with Crippen molar-refractivity contribution in [2.45, 2.75) is 35.8 Å². The van der Waals surface area contributed by atoms with Crippen molar-refractivity contribution in [2.75, 3.05) is 5.33 Å². The Balaban J connectivity index is 2.90. The SMILES string of the molecule is CC1(C)[C@@H](Cl)CC=C(C(Cl)CBr)[C@@H]1Br. The van der Waals surface area contributed by atoms with Crippen molar-refractivity contribution in [3.8, 4) is 0 Å². The Labute approximate surface area is 113 Å². The van der Waals surface area contributed by atoms with Crippen LogP contribution in [0.3, 0.4) is 0 Å². The number of halogens is 4. The van der Waals surface area contributed by atoms with Gasteiger partial charge in [-0.15, -0.1) is 23.2 Å². The second-order valence-electron chi connectivity index (χ2n) is 4.21. The van der Waals surface area contributed by atoms with Crippen LogP contribution in [-0.4, -0.2) is 20.9 Å². The summed E-state index contributed by atoms with van der Waals surface area (Å²) in [6.07, 6.45) is 3.07. The van der Waals surface area contributed by atoms with E-state index in [9.17, 15) is 0 Å². The van der Waals surface area contributed by atoms with E-state index in [1.165, 1.54) is 5.57 Å². The van der Waals surface area contributed by atoms with Crippen molar-refractivity contribution in [3.05, 3.63) is 11.6 Å². The molecule has 0 bridgehead atoms. The third-order valence-electron chi connectivity index (χ3n) is 2.81. The first-order valence-corrected chi connectivity index (χ1v) is 7.50. The molecule has 0 amide bonds. The molecule has 0 N–H and O–H groups in total. The van der Waals surface area contributed by atoms with Crippen molar-refractivity contribution in [3.63, 3.8) is 0 Å². The number of hydrogen-bond acceptors (Lipinski definition) is 0. The summed E-state index contributed by atoms with van der Waals surface area (Å²) in [6.45, 7) is 4.35. The maximum atomic E-state index is 6.29. The van der Waals surface area contributed by atoms with Gasteiger partial charge in [0.2, 0.25) is 0 Å². The lowest BCUT2D eigenvalue weighted by Gasteiger charge is -2.40. The Bertz CT molecular complexity index is 238. The molecule has 0 aromatic rings. The van der Waals surface area contributed by atoms with Crippen LogP contribution in [-0.2, 0) is 0 Å². The van der Waals surface area contributed by atoms with E-state index in [1.807, 2.05) is 0 Å². The Kier molecular flexibility index (Phi) is 4.84. The lowest BCUT2D eigenvalue weighted by Crippen LogP contribution is -2.40. The highest BCUT2D eigenvalue weighted by Crippen LogP contribution is 2.45. The topological polar surface area (TPSA) is 0 Å². The van der Waals surface area contributed by atoms with Crippen LogP contribution in [0.2, 0.25) is 0 Å². The van der Waals surface area contributed by atoms with Crippen molar-refractivity contribution < 1.29 is 0 Å². The highest BCUT2D eigenvalue weighted by atomic mass is 79.9. The molecule has 0 spiro atoms. The molecule has 82 valence electrons. The van der Waals surface area contributed by atoms with Gasteiger partial charge in [-0.1, -0.05) is 51.8 Å². The van der Waals surface area contributed by atoms with Crippen molar-refractivity contribution >= 4 is 55.1 Å². The molecule has 1 aliphatic carbocycles. The molecule has 0 saturated heterocycles. The second-order valence-corrected chi connectivity index (χ2v) is 6.83. The normalized spacial score (nSPS) is 33.7. The quantitative estimate of drug-likeness (QED) is 0.491. The maximum Gasteiger partial charge on any atom is 0.0653 e. The Hall–Kier alpha value is 1.28. The summed E-state index contributed by atoms with van der Waals surface area (Å²) in [6, 6.07) is 0. The largest absolute Gasteiger partial charge is 0.122 e. The molecule has 0 radical (unpaired) electrons. The van der Waals surface area contributed by atoms with E-state index < -0.39 is 0 Å². The molecular weight excluding hydrogens is 351 g/mol. The standard InChI is InChI=1S/C10H14Br2Cl2/c1-10(2)8(14)4-3-6(9(10)12)7(13)5-11/h3,7-9H,4-5H2,1-2H3/t7?,8-,9-/m0/s1. The zero-order chi connectivity index (χ0) is 10.9. The minimum absolute atomic E-state index is 0.0565. The summed E-state index contributed by atoms with van der Waals surface area (Å²) < 4.78 is 0. The predicted molar refractivity (Wildman–Crippen MR) is 72.3 cm³/mol. The molecule has 0 aromatic heterocycles. The zero-order valence-corrected chi connectivity index (χ0v) is 12.9. The Morgan fingerprint density at radius 3 is 2.71 bits per heavy atom. The van der Waals surface area contributed by atoms with Crippen LogP contribution in [0.1, 0.15) is 20.3 Å². The molecule has 1 rings (SSSR count). The summed E-state index contributed by atoms with van der Waals surface area (Å²) in [4.78, 5) is 0.270. The molecule has 1 aliphatic rings. The number of allylic oxidation sites excluding steroid dienone is 2. The number of alkyl halides is 4. The van der Waals surface area contributed by atoms with Gasteiger partial charge in [0.15, 0.2) is 0 Å². The average molecular weight is 365 g/mol. The van der Waals surface area contributed by atoms with E-state index in [2.05, 4.69) is 51.8 Å². The summed E-state index contributed by atoms with van der Waals surface area (Å²) in [5.41, 5.74) is 1.31. The monoisotopic (exact) mass is 362 g/mol. The maximum absolute atomic E-state index is 6.29. The molecule has 0 heterocycles. The smallest absolute Gasteiger partial charge is 0.0653 e. The van der Waals surface area contributed by atoms with Crippen LogP contribution in [0.15, 0.2) is 11.6 Å². The summed E-state index contributed by atoms with van der Waals surface area (Å²) in [5.74, 6) is 0. The Morgan fingerprint density at radius 1 is 1.64 bits per heavy atom. The van der Waals surface area contributed by atoms with Crippen LogP contribution < -0.4 is 0 Å². The molecule has 14 heavy (non-hydrogen) atoms. The van der Waals surface area contributed by atoms with Gasteiger partial charge in [0.25, 0.3) is 0 Å². The minimum atomic E-state index is 0.0565. The van der Waals surface area contributed by atoms with E-state index in [4.69, 9.17) is 23.2 Å². The van der Waals surface area contributed by atoms with Gasteiger partial charge in [-0.3, -0.25) is 0 Å². The van der Waals surface area contributed by atoms with Gasteiger partial charge in [-0.2, -0.15) is 0 Å². The van der Waals surface area contributed by atoms with Crippen molar-refractivity contribution in [1.29, 1.82) is 0 Å². The van der Waals surface area contributed by atoms with Gasteiger partial charge in [0.1, 0.15) is 0 Å². The third-order valence-corrected chi connectivity index (χ3v) is 6.69. The van der Waals surface area contributed by atoms with Crippen LogP contribution in [0.25, 0.3) is 0 Å². The third kappa shape index (κ3) is 2.50. The number of rotatable bonds is 2. The molecule has 0 aromatic carbocycles. The van der Waals surface area contributed by atoms with Gasteiger partial charge < -0.3 is 0 Å². The van der Waals surface area contributed by atoms with E-state index in [0.717, 1.165) is 11.8 Å². The highest BCUT2D eigenvalue weighted by molar-refractivity contribution is 9.09. The van der Waals surface area contributed by atoms with Gasteiger partial charge in [0, 0.05) is 15.5 Å². The zero-order valence-electron chi connectivity index (χ0n) is 8.24. The average Bonchev–Trinajstić information content (AvgIpc) is 2.14. The molecule has 3 atom stereocenters. The molecule has 4 heteroatoms. The Morgan fingerprint density at radius 2 is 2.21 bits per heavy atom. The van der Waals surface area contributed by atoms with Gasteiger partial charge >= 0.3 is 0 Å². The first-order chi connectivity index (χ1) is 6.41. The van der Waals surface area contributed by atoms with E-state index in [-0.39, 0.29) is 21.0 Å². The second kappa shape index (κ2) is 5.07. The first kappa shape index (κ1) is 13.3. The fraction of sp³-hybridized carbons (Fsp3) is 0.800. The lowest BCUT2D eigenvalue weighted by atomic mass is 9.76. The molecule has 0 aliphatic heterocycles. The lowest BCUT2D eigenvalue weighted by molar-refractivity contribution is 0.340. The van der Waals surface area contributed by atoms with Crippen LogP contribution in [0, 0.1) is 5.41 Å². The van der Waals surface area contributed by atoms with E-state index >= 15 is 0 Å². The molecule has 0 saturated carbocycles. The van der Waals surface area contributed by atoms with Crippen LogP contribution >= 0.6 is 55.1 Å². The van der Waals surface area contributed by atoms with Crippen molar-refractivity contribution in [2.24, 2.45) is 5.41 Å². The minimum Gasteiger partial charge on any atom is -0.122 e. The molecule has 0 fully saturated rings. The van der Waals surface area contributed by atoms with Crippen molar-refractivity contribution in [1.82, 2.24) is 0 Å². The number of hydrogen-bond donors (Lipinski definition) is 0. The van der Waals surface area contributed by atoms with Gasteiger partial charge in [-0.05, 0) is 17.4 Å². The summed E-state index contributed by atoms with van der Waals surface area (Å²) >= 11 is 19.6. The summed E-state index contributed by atoms with van der Waals surface area (Å²) in [7, 11) is 0. The van der Waals surface area contributed by atoms with E-state index in [0.29, 0.717) is 0 Å². The highest BCUT2D eigenvalue weighted by Gasteiger charge is 2.40. The molecular formula is C10H14Br2Cl2. The fourth-order valence-corrected chi connectivity index (χ4v) is 3.54.